The van der Waals surface area contributed by atoms with Gasteiger partial charge in [-0.2, -0.15) is 11.8 Å². The lowest BCUT2D eigenvalue weighted by Gasteiger charge is -2.24. The van der Waals surface area contributed by atoms with Crippen LogP contribution in [0.1, 0.15) is 46.4 Å². The molecule has 1 atom stereocenters. The first-order valence-corrected chi connectivity index (χ1v) is 8.49. The van der Waals surface area contributed by atoms with Crippen molar-refractivity contribution in [3.05, 3.63) is 16.5 Å². The average molecular weight is 344 g/mol. The Morgan fingerprint density at radius 2 is 2.16 bits per heavy atom. The molecule has 0 bridgehead atoms. The summed E-state index contributed by atoms with van der Waals surface area (Å²) in [5, 5.41) is 3.48. The molecule has 1 fully saturated rings. The molecule has 0 amide bonds. The van der Waals surface area contributed by atoms with Crippen LogP contribution in [0.25, 0.3) is 0 Å². The Morgan fingerprint density at radius 3 is 2.74 bits per heavy atom. The smallest absolute Gasteiger partial charge is 0.137 e. The summed E-state index contributed by atoms with van der Waals surface area (Å²) in [5.41, 5.74) is -0.0355. The van der Waals surface area contributed by atoms with E-state index in [1.807, 2.05) is 6.07 Å². The van der Waals surface area contributed by atoms with E-state index in [1.54, 1.807) is 0 Å². The highest BCUT2D eigenvalue weighted by molar-refractivity contribution is 9.10. The molecule has 1 aromatic rings. The number of thioether (sulfide) groups is 1. The highest BCUT2D eigenvalue weighted by atomic mass is 79.9. The number of aromatic nitrogens is 2. The molecule has 0 aliphatic carbocycles. The standard InChI is InChI=1S/C14H22BrN3S/c1-13(2,3)12-17-10(15)8-11(18-12)16-9-14(4)6-5-7-19-14/h8H,5-7,9H2,1-4H3,(H,16,17,18). The molecule has 1 aliphatic heterocycles. The Hall–Kier alpha value is -0.290. The molecule has 0 radical (unpaired) electrons. The molecule has 1 N–H and O–H groups in total. The number of rotatable bonds is 3. The van der Waals surface area contributed by atoms with Crippen LogP contribution >= 0.6 is 27.7 Å². The Bertz CT molecular complexity index is 450. The Kier molecular flexibility index (Phi) is 4.45. The summed E-state index contributed by atoms with van der Waals surface area (Å²) in [6.45, 7) is 9.69. The normalized spacial score (nSPS) is 23.6. The van der Waals surface area contributed by atoms with Gasteiger partial charge in [0.2, 0.25) is 0 Å². The van der Waals surface area contributed by atoms with Crippen LogP contribution in [0.2, 0.25) is 0 Å². The van der Waals surface area contributed by atoms with E-state index >= 15 is 0 Å². The minimum atomic E-state index is -0.0355. The predicted molar refractivity (Wildman–Crippen MR) is 87.0 cm³/mol. The Balaban J connectivity index is 2.10. The largest absolute Gasteiger partial charge is 0.369 e. The van der Waals surface area contributed by atoms with Crippen LogP contribution in [0.4, 0.5) is 5.82 Å². The monoisotopic (exact) mass is 343 g/mol. The first kappa shape index (κ1) is 15.1. The molecule has 19 heavy (non-hydrogen) atoms. The molecule has 1 aliphatic rings. The maximum atomic E-state index is 4.64. The fourth-order valence-corrected chi connectivity index (χ4v) is 3.73. The van der Waals surface area contributed by atoms with E-state index in [2.05, 4.69) is 70.7 Å². The van der Waals surface area contributed by atoms with Crippen molar-refractivity contribution in [1.29, 1.82) is 0 Å². The second-order valence-corrected chi connectivity index (χ2v) is 8.90. The quantitative estimate of drug-likeness (QED) is 0.833. The SMILES string of the molecule is CC1(CNc2cc(Br)nc(C(C)(C)C)n2)CCCS1. The fraction of sp³-hybridized carbons (Fsp3) is 0.714. The molecule has 2 rings (SSSR count). The van der Waals surface area contributed by atoms with Gasteiger partial charge in [0.05, 0.1) is 0 Å². The number of hydrogen-bond acceptors (Lipinski definition) is 4. The summed E-state index contributed by atoms with van der Waals surface area (Å²) >= 11 is 5.54. The van der Waals surface area contributed by atoms with Crippen molar-refractivity contribution >= 4 is 33.5 Å². The van der Waals surface area contributed by atoms with Crippen LogP contribution in [0.15, 0.2) is 10.7 Å². The van der Waals surface area contributed by atoms with E-state index in [0.717, 1.165) is 22.8 Å². The van der Waals surface area contributed by atoms with Crippen molar-refractivity contribution in [1.82, 2.24) is 9.97 Å². The molecule has 0 saturated carbocycles. The predicted octanol–water partition coefficient (Wildman–Crippen LogP) is 4.23. The van der Waals surface area contributed by atoms with Gasteiger partial charge in [-0.15, -0.1) is 0 Å². The summed E-state index contributed by atoms with van der Waals surface area (Å²) in [6, 6.07) is 1.96. The summed E-state index contributed by atoms with van der Waals surface area (Å²) in [5.74, 6) is 3.06. The highest BCUT2D eigenvalue weighted by Gasteiger charge is 2.29. The zero-order chi connectivity index (χ0) is 14.1. The molecule has 5 heteroatoms. The highest BCUT2D eigenvalue weighted by Crippen LogP contribution is 2.37. The van der Waals surface area contributed by atoms with Crippen LogP contribution in [-0.2, 0) is 5.41 Å². The molecule has 1 aromatic heterocycles. The summed E-state index contributed by atoms with van der Waals surface area (Å²) in [4.78, 5) is 9.10. The van der Waals surface area contributed by atoms with E-state index < -0.39 is 0 Å². The van der Waals surface area contributed by atoms with Crippen LogP contribution in [-0.4, -0.2) is 27.0 Å². The van der Waals surface area contributed by atoms with Gasteiger partial charge in [0.1, 0.15) is 16.2 Å². The van der Waals surface area contributed by atoms with Gasteiger partial charge < -0.3 is 5.32 Å². The molecular weight excluding hydrogens is 322 g/mol. The van der Waals surface area contributed by atoms with Crippen LogP contribution in [0, 0.1) is 0 Å². The average Bonchev–Trinajstić information content (AvgIpc) is 2.72. The Labute approximate surface area is 128 Å². The Morgan fingerprint density at radius 1 is 1.42 bits per heavy atom. The number of anilines is 1. The zero-order valence-electron chi connectivity index (χ0n) is 12.1. The molecule has 106 valence electrons. The molecule has 3 nitrogen and oxygen atoms in total. The second-order valence-electron chi connectivity index (χ2n) is 6.40. The van der Waals surface area contributed by atoms with Crippen molar-refractivity contribution in [2.24, 2.45) is 0 Å². The van der Waals surface area contributed by atoms with Crippen molar-refractivity contribution in [2.45, 2.75) is 50.7 Å². The summed E-state index contributed by atoms with van der Waals surface area (Å²) < 4.78 is 1.19. The van der Waals surface area contributed by atoms with Gasteiger partial charge in [-0.1, -0.05) is 20.8 Å². The topological polar surface area (TPSA) is 37.8 Å². The van der Waals surface area contributed by atoms with E-state index in [9.17, 15) is 0 Å². The fourth-order valence-electron chi connectivity index (χ4n) is 2.10. The first-order valence-electron chi connectivity index (χ1n) is 6.71. The second kappa shape index (κ2) is 5.60. The molecule has 1 saturated heterocycles. The summed E-state index contributed by atoms with van der Waals surface area (Å²) in [6.07, 6.45) is 2.60. The minimum absolute atomic E-state index is 0.0355. The lowest BCUT2D eigenvalue weighted by Crippen LogP contribution is -2.28. The third-order valence-corrected chi connectivity index (χ3v) is 5.25. The van der Waals surface area contributed by atoms with Gasteiger partial charge in [0.25, 0.3) is 0 Å². The van der Waals surface area contributed by atoms with Gasteiger partial charge in [0, 0.05) is 22.8 Å². The number of hydrogen-bond donors (Lipinski definition) is 1. The van der Waals surface area contributed by atoms with Gasteiger partial charge in [-0.3, -0.25) is 0 Å². The third-order valence-electron chi connectivity index (χ3n) is 3.31. The third kappa shape index (κ3) is 4.09. The molecule has 0 spiro atoms. The van der Waals surface area contributed by atoms with Crippen LogP contribution < -0.4 is 5.32 Å². The number of nitrogens with zero attached hydrogens (tertiary/aromatic N) is 2. The lowest BCUT2D eigenvalue weighted by atomic mass is 9.96. The maximum Gasteiger partial charge on any atom is 0.137 e. The van der Waals surface area contributed by atoms with Crippen molar-refractivity contribution in [3.8, 4) is 0 Å². The van der Waals surface area contributed by atoms with Crippen molar-refractivity contribution < 1.29 is 0 Å². The maximum absolute atomic E-state index is 4.64. The van der Waals surface area contributed by atoms with Crippen molar-refractivity contribution in [3.63, 3.8) is 0 Å². The van der Waals surface area contributed by atoms with E-state index in [4.69, 9.17) is 0 Å². The molecule has 2 heterocycles. The van der Waals surface area contributed by atoms with Gasteiger partial charge in [-0.05, 0) is 41.4 Å². The zero-order valence-corrected chi connectivity index (χ0v) is 14.5. The molecular formula is C14H22BrN3S. The molecule has 1 unspecified atom stereocenters. The van der Waals surface area contributed by atoms with E-state index in [1.165, 1.54) is 18.6 Å². The van der Waals surface area contributed by atoms with Crippen LogP contribution in [0.5, 0.6) is 0 Å². The summed E-state index contributed by atoms with van der Waals surface area (Å²) in [7, 11) is 0. The van der Waals surface area contributed by atoms with Crippen LogP contribution in [0.3, 0.4) is 0 Å². The number of nitrogens with one attached hydrogen (secondary N) is 1. The van der Waals surface area contributed by atoms with Gasteiger partial charge in [0.15, 0.2) is 0 Å². The lowest BCUT2D eigenvalue weighted by molar-refractivity contribution is 0.543. The first-order chi connectivity index (χ1) is 8.78. The van der Waals surface area contributed by atoms with Gasteiger partial charge in [-0.25, -0.2) is 9.97 Å². The van der Waals surface area contributed by atoms with Crippen molar-refractivity contribution in [2.75, 3.05) is 17.6 Å². The van der Waals surface area contributed by atoms with Gasteiger partial charge >= 0.3 is 0 Å². The minimum Gasteiger partial charge on any atom is -0.369 e. The number of halogens is 1. The molecule has 0 aromatic carbocycles. The van der Waals surface area contributed by atoms with E-state index in [-0.39, 0.29) is 5.41 Å². The van der Waals surface area contributed by atoms with E-state index in [0.29, 0.717) is 4.75 Å².